The van der Waals surface area contributed by atoms with E-state index in [-0.39, 0.29) is 23.8 Å². The number of hydrogen-bond acceptors (Lipinski definition) is 4. The van der Waals surface area contributed by atoms with Gasteiger partial charge in [-0.15, -0.1) is 6.42 Å². The molecular weight excluding hydrogens is 549 g/mol. The molecule has 0 saturated carbocycles. The van der Waals surface area contributed by atoms with E-state index in [9.17, 15) is 4.79 Å². The molecule has 1 aliphatic heterocycles. The Bertz CT molecular complexity index is 1310. The SMILES string of the molecule is C#Cc1ccc(CN(CCO[Si](c2ccccc2)(c2ccccc2)C(C)(C)C)CC2CCCCN2C(=O)OCC=C)cc1. The lowest BCUT2D eigenvalue weighted by Crippen LogP contribution is -2.67. The molecule has 4 rings (SSSR count). The highest BCUT2D eigenvalue weighted by Crippen LogP contribution is 2.36. The van der Waals surface area contributed by atoms with E-state index < -0.39 is 8.32 Å². The fourth-order valence-electron chi connectivity index (χ4n) is 6.23. The van der Waals surface area contributed by atoms with Crippen LogP contribution in [-0.2, 0) is 15.7 Å². The Balaban J connectivity index is 1.60. The molecule has 0 aromatic heterocycles. The largest absolute Gasteiger partial charge is 0.445 e. The summed E-state index contributed by atoms with van der Waals surface area (Å²) in [7, 11) is -2.66. The van der Waals surface area contributed by atoms with Crippen molar-refractivity contribution in [2.75, 3.05) is 32.8 Å². The second kappa shape index (κ2) is 15.2. The highest BCUT2D eigenvalue weighted by molar-refractivity contribution is 6.99. The molecule has 226 valence electrons. The first-order valence-electron chi connectivity index (χ1n) is 15.4. The van der Waals surface area contributed by atoms with E-state index in [1.807, 2.05) is 17.0 Å². The third kappa shape index (κ3) is 8.06. The number of likely N-dealkylation sites (tertiary alicyclic amines) is 1. The van der Waals surface area contributed by atoms with Crippen molar-refractivity contribution in [3.63, 3.8) is 0 Å². The lowest BCUT2D eigenvalue weighted by Gasteiger charge is -2.43. The lowest BCUT2D eigenvalue weighted by molar-refractivity contribution is 0.0628. The Morgan fingerprint density at radius 3 is 2.21 bits per heavy atom. The second-order valence-corrected chi connectivity index (χ2v) is 16.6. The van der Waals surface area contributed by atoms with Crippen molar-refractivity contribution >= 4 is 24.8 Å². The number of hydrogen-bond donors (Lipinski definition) is 0. The van der Waals surface area contributed by atoms with Crippen LogP contribution in [0.3, 0.4) is 0 Å². The van der Waals surface area contributed by atoms with Gasteiger partial charge >= 0.3 is 6.09 Å². The molecule has 1 amide bonds. The zero-order valence-electron chi connectivity index (χ0n) is 26.0. The summed E-state index contributed by atoms with van der Waals surface area (Å²) < 4.78 is 12.7. The number of terminal acetylenes is 1. The Morgan fingerprint density at radius 1 is 1.02 bits per heavy atom. The molecule has 5 nitrogen and oxygen atoms in total. The van der Waals surface area contributed by atoms with Gasteiger partial charge in [-0.25, -0.2) is 4.79 Å². The maximum atomic E-state index is 12.9. The quantitative estimate of drug-likeness (QED) is 0.142. The molecule has 0 spiro atoms. The number of carbonyl (C=O) groups excluding carboxylic acids is 1. The van der Waals surface area contributed by atoms with Crippen LogP contribution in [-0.4, -0.2) is 63.1 Å². The van der Waals surface area contributed by atoms with Gasteiger partial charge in [0.1, 0.15) is 6.61 Å². The van der Waals surface area contributed by atoms with Crippen molar-refractivity contribution in [3.05, 3.63) is 109 Å². The molecule has 1 unspecified atom stereocenters. The Kier molecular flexibility index (Phi) is 11.4. The highest BCUT2D eigenvalue weighted by atomic mass is 28.4. The molecule has 1 aliphatic rings. The standard InChI is InChI=1S/C37H46N2O3Si/c1-6-27-41-36(40)39-25-15-14-16-33(39)30-38(29-32-23-21-31(7-2)22-24-32)26-28-42-43(37(3,4)5,34-17-10-8-11-18-34)35-19-12-9-13-20-35/h2,6,8-13,17-24,33H,1,14-16,25-30H2,3-5H3. The Labute approximate surface area is 259 Å². The second-order valence-electron chi connectivity index (χ2n) is 12.3. The summed E-state index contributed by atoms with van der Waals surface area (Å²) >= 11 is 0. The Hall–Kier alpha value is -3.63. The summed E-state index contributed by atoms with van der Waals surface area (Å²) in [6, 6.07) is 29.8. The predicted octanol–water partition coefficient (Wildman–Crippen LogP) is 6.22. The zero-order chi connectivity index (χ0) is 30.7. The van der Waals surface area contributed by atoms with Gasteiger partial charge in [-0.1, -0.05) is 112 Å². The van der Waals surface area contributed by atoms with Crippen LogP contribution in [0.4, 0.5) is 4.79 Å². The van der Waals surface area contributed by atoms with E-state index in [1.165, 1.54) is 15.9 Å². The normalized spacial score (nSPS) is 15.6. The molecule has 3 aromatic rings. The van der Waals surface area contributed by atoms with Crippen molar-refractivity contribution < 1.29 is 14.0 Å². The number of piperidine rings is 1. The minimum Gasteiger partial charge on any atom is -0.445 e. The van der Waals surface area contributed by atoms with Crippen LogP contribution in [0.15, 0.2) is 97.6 Å². The van der Waals surface area contributed by atoms with E-state index in [0.717, 1.165) is 44.5 Å². The molecular formula is C37H46N2O3Si. The van der Waals surface area contributed by atoms with Gasteiger partial charge < -0.3 is 14.1 Å². The third-order valence-electron chi connectivity index (χ3n) is 8.32. The average Bonchev–Trinajstić information content (AvgIpc) is 3.02. The summed E-state index contributed by atoms with van der Waals surface area (Å²) in [4.78, 5) is 17.3. The van der Waals surface area contributed by atoms with Crippen LogP contribution < -0.4 is 10.4 Å². The van der Waals surface area contributed by atoms with E-state index in [2.05, 4.69) is 111 Å². The van der Waals surface area contributed by atoms with E-state index in [4.69, 9.17) is 15.6 Å². The number of benzene rings is 3. The van der Waals surface area contributed by atoms with E-state index >= 15 is 0 Å². The van der Waals surface area contributed by atoms with Gasteiger partial charge in [-0.05, 0) is 52.4 Å². The predicted molar refractivity (Wildman–Crippen MR) is 179 cm³/mol. The molecule has 1 saturated heterocycles. The number of rotatable bonds is 12. The smallest absolute Gasteiger partial charge is 0.410 e. The molecule has 1 atom stereocenters. The Morgan fingerprint density at radius 2 is 1.65 bits per heavy atom. The fourth-order valence-corrected chi connectivity index (χ4v) is 10.8. The monoisotopic (exact) mass is 594 g/mol. The van der Waals surface area contributed by atoms with Crippen molar-refractivity contribution in [2.24, 2.45) is 0 Å². The topological polar surface area (TPSA) is 42.0 Å². The molecule has 0 bridgehead atoms. The van der Waals surface area contributed by atoms with Gasteiger partial charge in [-0.3, -0.25) is 4.90 Å². The van der Waals surface area contributed by atoms with Crippen LogP contribution in [0.1, 0.15) is 51.2 Å². The van der Waals surface area contributed by atoms with Crippen LogP contribution in [0.2, 0.25) is 5.04 Å². The number of carbonyl (C=O) groups is 1. The average molecular weight is 595 g/mol. The number of nitrogens with zero attached hydrogens (tertiary/aromatic N) is 2. The van der Waals surface area contributed by atoms with Gasteiger partial charge in [0, 0.05) is 44.4 Å². The summed E-state index contributed by atoms with van der Waals surface area (Å²) in [5.41, 5.74) is 2.05. The van der Waals surface area contributed by atoms with E-state index in [1.54, 1.807) is 6.08 Å². The number of ether oxygens (including phenoxy) is 1. The minimum absolute atomic E-state index is 0.0731. The van der Waals surface area contributed by atoms with Gasteiger partial charge in [0.2, 0.25) is 0 Å². The lowest BCUT2D eigenvalue weighted by atomic mass is 10.0. The maximum absolute atomic E-state index is 12.9. The first-order chi connectivity index (χ1) is 20.8. The molecule has 43 heavy (non-hydrogen) atoms. The maximum Gasteiger partial charge on any atom is 0.410 e. The summed E-state index contributed by atoms with van der Waals surface area (Å²) in [6.45, 7) is 14.3. The van der Waals surface area contributed by atoms with Gasteiger partial charge in [0.25, 0.3) is 8.32 Å². The number of amides is 1. The minimum atomic E-state index is -2.66. The molecule has 3 aromatic carbocycles. The van der Waals surface area contributed by atoms with Gasteiger partial charge in [0.15, 0.2) is 0 Å². The summed E-state index contributed by atoms with van der Waals surface area (Å²) in [6.07, 6.45) is 10.0. The fraction of sp³-hybridized carbons (Fsp3) is 0.378. The highest BCUT2D eigenvalue weighted by Gasteiger charge is 2.50. The molecule has 0 aliphatic carbocycles. The van der Waals surface area contributed by atoms with Crippen molar-refractivity contribution in [3.8, 4) is 12.3 Å². The van der Waals surface area contributed by atoms with Crippen LogP contribution in [0.25, 0.3) is 0 Å². The first-order valence-corrected chi connectivity index (χ1v) is 17.3. The van der Waals surface area contributed by atoms with E-state index in [0.29, 0.717) is 13.2 Å². The molecule has 6 heteroatoms. The van der Waals surface area contributed by atoms with Crippen molar-refractivity contribution in [1.82, 2.24) is 9.80 Å². The summed E-state index contributed by atoms with van der Waals surface area (Å²) in [5, 5.41) is 2.45. The molecule has 1 fully saturated rings. The summed E-state index contributed by atoms with van der Waals surface area (Å²) in [5.74, 6) is 2.71. The first kappa shape index (κ1) is 32.3. The van der Waals surface area contributed by atoms with Crippen LogP contribution >= 0.6 is 0 Å². The molecule has 1 heterocycles. The van der Waals surface area contributed by atoms with Gasteiger partial charge in [-0.2, -0.15) is 0 Å². The van der Waals surface area contributed by atoms with Crippen LogP contribution in [0.5, 0.6) is 0 Å². The molecule has 0 radical (unpaired) electrons. The van der Waals surface area contributed by atoms with Crippen molar-refractivity contribution in [2.45, 2.75) is 57.7 Å². The van der Waals surface area contributed by atoms with Crippen molar-refractivity contribution in [1.29, 1.82) is 0 Å². The third-order valence-corrected chi connectivity index (χ3v) is 13.4. The van der Waals surface area contributed by atoms with Gasteiger partial charge in [0.05, 0.1) is 0 Å². The molecule has 0 N–H and O–H groups in total. The van der Waals surface area contributed by atoms with Crippen LogP contribution in [0, 0.1) is 12.3 Å². The zero-order valence-corrected chi connectivity index (χ0v) is 27.0.